The van der Waals surface area contributed by atoms with Crippen LogP contribution >= 0.6 is 0 Å². The molecule has 0 amide bonds. The minimum atomic E-state index is 0.635. The van der Waals surface area contributed by atoms with Crippen LogP contribution in [0.5, 0.6) is 0 Å². The second-order valence-electron chi connectivity index (χ2n) is 2.10. The van der Waals surface area contributed by atoms with Gasteiger partial charge in [-0.25, -0.2) is 0 Å². The molecule has 1 aliphatic heterocycles. The number of ether oxygens (including phenoxy) is 1. The summed E-state index contributed by atoms with van der Waals surface area (Å²) in [7, 11) is 0. The van der Waals surface area contributed by atoms with Crippen LogP contribution in [-0.2, 0) is 4.74 Å². The zero-order valence-corrected chi connectivity index (χ0v) is 5.11. The molecule has 0 saturated heterocycles. The van der Waals surface area contributed by atoms with Crippen LogP contribution in [-0.4, -0.2) is 6.61 Å². The predicted molar refractivity (Wildman–Crippen MR) is 32.1 cm³/mol. The van der Waals surface area contributed by atoms with Gasteiger partial charge >= 0.3 is 0 Å². The standard InChI is InChI=1S/C6H11NO/c1-5-3-2-4-8-6(5)7/h2-4,7H2,1H3. The van der Waals surface area contributed by atoms with Crippen molar-refractivity contribution in [3.63, 3.8) is 0 Å². The van der Waals surface area contributed by atoms with Gasteiger partial charge in [0.2, 0.25) is 0 Å². The molecule has 8 heavy (non-hydrogen) atoms. The third-order valence-electron chi connectivity index (χ3n) is 1.37. The van der Waals surface area contributed by atoms with E-state index in [1.165, 1.54) is 5.57 Å². The molecule has 1 aliphatic rings. The molecule has 0 spiro atoms. The largest absolute Gasteiger partial charge is 0.479 e. The van der Waals surface area contributed by atoms with Crippen molar-refractivity contribution >= 4 is 0 Å². The van der Waals surface area contributed by atoms with Crippen LogP contribution in [0, 0.1) is 0 Å². The highest BCUT2D eigenvalue weighted by Crippen LogP contribution is 2.13. The monoisotopic (exact) mass is 113 g/mol. The summed E-state index contributed by atoms with van der Waals surface area (Å²) >= 11 is 0. The van der Waals surface area contributed by atoms with Crippen LogP contribution in [0.25, 0.3) is 0 Å². The van der Waals surface area contributed by atoms with Crippen molar-refractivity contribution in [2.24, 2.45) is 5.73 Å². The predicted octanol–water partition coefficient (Wildman–Crippen LogP) is 0.987. The van der Waals surface area contributed by atoms with Gasteiger partial charge in [0, 0.05) is 0 Å². The second kappa shape index (κ2) is 2.07. The Labute approximate surface area is 49.3 Å². The number of allylic oxidation sites excluding steroid dienone is 1. The van der Waals surface area contributed by atoms with Gasteiger partial charge in [-0.3, -0.25) is 0 Å². The van der Waals surface area contributed by atoms with Crippen molar-refractivity contribution in [3.05, 3.63) is 11.5 Å². The molecule has 0 aromatic heterocycles. The number of rotatable bonds is 0. The normalized spacial score (nSPS) is 20.6. The first-order chi connectivity index (χ1) is 3.80. The first kappa shape index (κ1) is 5.48. The van der Waals surface area contributed by atoms with Crippen molar-refractivity contribution in [2.45, 2.75) is 19.8 Å². The number of hydrogen-bond donors (Lipinski definition) is 1. The highest BCUT2D eigenvalue weighted by atomic mass is 16.5. The quantitative estimate of drug-likeness (QED) is 0.508. The molecule has 0 bridgehead atoms. The Morgan fingerprint density at radius 2 is 2.38 bits per heavy atom. The molecular weight excluding hydrogens is 102 g/mol. The highest BCUT2D eigenvalue weighted by Gasteiger charge is 2.04. The summed E-state index contributed by atoms with van der Waals surface area (Å²) in [6, 6.07) is 0. The highest BCUT2D eigenvalue weighted by molar-refractivity contribution is 5.03. The molecule has 0 fully saturated rings. The van der Waals surface area contributed by atoms with E-state index in [0.29, 0.717) is 5.88 Å². The minimum absolute atomic E-state index is 0.635. The lowest BCUT2D eigenvalue weighted by Crippen LogP contribution is -2.11. The summed E-state index contributed by atoms with van der Waals surface area (Å²) in [6.07, 6.45) is 2.22. The van der Waals surface area contributed by atoms with E-state index < -0.39 is 0 Å². The summed E-state index contributed by atoms with van der Waals surface area (Å²) in [6.45, 7) is 2.80. The Balaban J connectivity index is 2.60. The van der Waals surface area contributed by atoms with Crippen LogP contribution in [0.2, 0.25) is 0 Å². The summed E-state index contributed by atoms with van der Waals surface area (Å²) in [5.74, 6) is 0.635. The Morgan fingerprint density at radius 1 is 1.62 bits per heavy atom. The number of nitrogens with two attached hydrogens (primary N) is 1. The molecule has 1 rings (SSSR count). The van der Waals surface area contributed by atoms with Crippen LogP contribution in [0.1, 0.15) is 19.8 Å². The van der Waals surface area contributed by atoms with Gasteiger partial charge in [-0.05, 0) is 25.3 Å². The van der Waals surface area contributed by atoms with Gasteiger partial charge in [0.05, 0.1) is 6.61 Å². The van der Waals surface area contributed by atoms with E-state index in [4.69, 9.17) is 10.5 Å². The molecule has 0 radical (unpaired) electrons. The molecule has 0 unspecified atom stereocenters. The van der Waals surface area contributed by atoms with Crippen molar-refractivity contribution in [1.29, 1.82) is 0 Å². The molecule has 2 heteroatoms. The van der Waals surface area contributed by atoms with E-state index in [2.05, 4.69) is 0 Å². The van der Waals surface area contributed by atoms with Gasteiger partial charge in [-0.2, -0.15) is 0 Å². The lowest BCUT2D eigenvalue weighted by molar-refractivity contribution is 0.184. The Hall–Kier alpha value is -0.660. The summed E-state index contributed by atoms with van der Waals surface area (Å²) in [4.78, 5) is 0. The van der Waals surface area contributed by atoms with E-state index in [9.17, 15) is 0 Å². The average molecular weight is 113 g/mol. The SMILES string of the molecule is CC1=C(N)OCCC1. The second-order valence-corrected chi connectivity index (χ2v) is 2.10. The van der Waals surface area contributed by atoms with Crippen molar-refractivity contribution in [3.8, 4) is 0 Å². The van der Waals surface area contributed by atoms with Crippen molar-refractivity contribution < 1.29 is 4.74 Å². The maximum Gasteiger partial charge on any atom is 0.182 e. The van der Waals surface area contributed by atoms with Gasteiger partial charge in [0.25, 0.3) is 0 Å². The molecular formula is C6H11NO. The molecule has 46 valence electrons. The Kier molecular flexibility index (Phi) is 1.42. The van der Waals surface area contributed by atoms with E-state index in [0.717, 1.165) is 19.4 Å². The maximum absolute atomic E-state index is 5.44. The zero-order chi connectivity index (χ0) is 5.98. The maximum atomic E-state index is 5.44. The van der Waals surface area contributed by atoms with E-state index in [1.54, 1.807) is 0 Å². The average Bonchev–Trinajstić information content (AvgIpc) is 1.77. The lowest BCUT2D eigenvalue weighted by Gasteiger charge is -2.14. The smallest absolute Gasteiger partial charge is 0.182 e. The fourth-order valence-corrected chi connectivity index (χ4v) is 0.766. The molecule has 0 aliphatic carbocycles. The van der Waals surface area contributed by atoms with Gasteiger partial charge in [-0.15, -0.1) is 0 Å². The molecule has 2 nitrogen and oxygen atoms in total. The van der Waals surface area contributed by atoms with E-state index in [1.807, 2.05) is 6.92 Å². The Bertz CT molecular complexity index is 104. The third kappa shape index (κ3) is 0.941. The molecule has 1 heterocycles. The lowest BCUT2D eigenvalue weighted by atomic mass is 10.1. The molecule has 0 atom stereocenters. The van der Waals surface area contributed by atoms with Gasteiger partial charge in [0.1, 0.15) is 0 Å². The van der Waals surface area contributed by atoms with Gasteiger partial charge in [0.15, 0.2) is 5.88 Å². The first-order valence-electron chi connectivity index (χ1n) is 2.89. The third-order valence-corrected chi connectivity index (χ3v) is 1.37. The molecule has 0 aromatic carbocycles. The van der Waals surface area contributed by atoms with Gasteiger partial charge in [-0.1, -0.05) is 0 Å². The van der Waals surface area contributed by atoms with Crippen LogP contribution in [0.15, 0.2) is 11.5 Å². The fraction of sp³-hybridized carbons (Fsp3) is 0.667. The van der Waals surface area contributed by atoms with E-state index >= 15 is 0 Å². The van der Waals surface area contributed by atoms with Crippen LogP contribution in [0.3, 0.4) is 0 Å². The summed E-state index contributed by atoms with van der Waals surface area (Å²) in [5, 5.41) is 0. The number of hydrogen-bond acceptors (Lipinski definition) is 2. The van der Waals surface area contributed by atoms with Crippen molar-refractivity contribution in [2.75, 3.05) is 6.61 Å². The van der Waals surface area contributed by atoms with Crippen LogP contribution in [0.4, 0.5) is 0 Å². The van der Waals surface area contributed by atoms with Crippen molar-refractivity contribution in [1.82, 2.24) is 0 Å². The molecule has 0 saturated carbocycles. The Morgan fingerprint density at radius 3 is 2.75 bits per heavy atom. The van der Waals surface area contributed by atoms with E-state index in [-0.39, 0.29) is 0 Å². The summed E-state index contributed by atoms with van der Waals surface area (Å²) in [5.41, 5.74) is 6.63. The fourth-order valence-electron chi connectivity index (χ4n) is 0.766. The minimum Gasteiger partial charge on any atom is -0.479 e. The zero-order valence-electron chi connectivity index (χ0n) is 5.11. The molecule has 0 aromatic rings. The van der Waals surface area contributed by atoms with Gasteiger partial charge < -0.3 is 10.5 Å². The van der Waals surface area contributed by atoms with Crippen LogP contribution < -0.4 is 5.73 Å². The first-order valence-corrected chi connectivity index (χ1v) is 2.89. The topological polar surface area (TPSA) is 35.2 Å². The molecule has 2 N–H and O–H groups in total. The summed E-state index contributed by atoms with van der Waals surface area (Å²) < 4.78 is 5.05.